The summed E-state index contributed by atoms with van der Waals surface area (Å²) in [6.07, 6.45) is 0. The minimum Gasteiger partial charge on any atom is -0.497 e. The normalized spacial score (nSPS) is 11.6. The van der Waals surface area contributed by atoms with Crippen LogP contribution in [-0.2, 0) is 10.0 Å². The fraction of sp³-hybridized carbons (Fsp3) is 0.0476. The summed E-state index contributed by atoms with van der Waals surface area (Å²) in [7, 11) is -2.47. The van der Waals surface area contributed by atoms with Crippen LogP contribution >= 0.6 is 0 Å². The quantitative estimate of drug-likeness (QED) is 0.384. The maximum atomic E-state index is 12.7. The third kappa shape index (κ3) is 5.20. The van der Waals surface area contributed by atoms with Crippen LogP contribution in [0.4, 0.5) is 0 Å². The van der Waals surface area contributed by atoms with E-state index in [-0.39, 0.29) is 10.7 Å². The van der Waals surface area contributed by atoms with Crippen molar-refractivity contribution in [2.24, 2.45) is 4.40 Å². The third-order valence-electron chi connectivity index (χ3n) is 3.93. The van der Waals surface area contributed by atoms with Gasteiger partial charge in [-0.05, 0) is 30.3 Å². The number of hydrogen-bond donors (Lipinski definition) is 2. The Morgan fingerprint density at radius 2 is 1.45 bits per heavy atom. The zero-order valence-electron chi connectivity index (χ0n) is 15.6. The predicted molar refractivity (Wildman–Crippen MR) is 110 cm³/mol. The molecule has 3 rings (SSSR count). The van der Waals surface area contributed by atoms with Gasteiger partial charge in [-0.15, -0.1) is 4.40 Å². The molecule has 0 saturated heterocycles. The van der Waals surface area contributed by atoms with Crippen LogP contribution in [0.5, 0.6) is 5.75 Å². The second kappa shape index (κ2) is 9.03. The van der Waals surface area contributed by atoms with Crippen molar-refractivity contribution >= 4 is 21.8 Å². The predicted octanol–water partition coefficient (Wildman–Crippen LogP) is 2.77. The summed E-state index contributed by atoms with van der Waals surface area (Å²) in [6.45, 7) is 0. The SMILES string of the molecule is COc1cccc(C(=O)NNC(=NS(=O)(=O)c2ccccc2)c2ccccc2)c1. The number of methoxy groups -OCH3 is 1. The Bertz CT molecular complexity index is 1110. The van der Waals surface area contributed by atoms with Gasteiger partial charge in [0.15, 0.2) is 5.84 Å². The van der Waals surface area contributed by atoms with Gasteiger partial charge in [-0.25, -0.2) is 0 Å². The first-order chi connectivity index (χ1) is 14.0. The summed E-state index contributed by atoms with van der Waals surface area (Å²) in [5.41, 5.74) is 5.95. The zero-order chi connectivity index (χ0) is 20.7. The van der Waals surface area contributed by atoms with Gasteiger partial charge in [0.1, 0.15) is 5.75 Å². The lowest BCUT2D eigenvalue weighted by Gasteiger charge is -2.12. The molecule has 0 saturated carbocycles. The van der Waals surface area contributed by atoms with E-state index in [1.165, 1.54) is 19.2 Å². The molecule has 148 valence electrons. The number of amides is 1. The summed E-state index contributed by atoms with van der Waals surface area (Å²) in [5.74, 6) is 0.0524. The van der Waals surface area contributed by atoms with Crippen LogP contribution < -0.4 is 15.6 Å². The average Bonchev–Trinajstić information content (AvgIpc) is 2.77. The van der Waals surface area contributed by atoms with Gasteiger partial charge in [-0.2, -0.15) is 8.42 Å². The summed E-state index contributed by atoms with van der Waals surface area (Å²) in [6, 6.07) is 23.1. The maximum Gasteiger partial charge on any atom is 0.284 e. The second-order valence-electron chi connectivity index (χ2n) is 5.91. The Kier molecular flexibility index (Phi) is 6.25. The highest BCUT2D eigenvalue weighted by Gasteiger charge is 2.16. The van der Waals surface area contributed by atoms with Gasteiger partial charge in [-0.3, -0.25) is 15.6 Å². The number of nitrogens with one attached hydrogen (secondary N) is 2. The van der Waals surface area contributed by atoms with E-state index in [2.05, 4.69) is 15.2 Å². The standard InChI is InChI=1S/C21H19N3O4S/c1-28-18-12-8-11-17(15-18)21(25)23-22-20(16-9-4-2-5-10-16)24-29(26,27)19-13-6-3-7-14-19/h2-15H,1H3,(H,22,24)(H,23,25). The van der Waals surface area contributed by atoms with Gasteiger partial charge >= 0.3 is 0 Å². The zero-order valence-corrected chi connectivity index (χ0v) is 16.4. The van der Waals surface area contributed by atoms with Crippen LogP contribution in [0.1, 0.15) is 15.9 Å². The number of amidine groups is 1. The lowest BCUT2D eigenvalue weighted by atomic mass is 10.2. The van der Waals surface area contributed by atoms with Crippen molar-refractivity contribution in [1.29, 1.82) is 0 Å². The van der Waals surface area contributed by atoms with Crippen molar-refractivity contribution < 1.29 is 17.9 Å². The van der Waals surface area contributed by atoms with Crippen molar-refractivity contribution in [2.75, 3.05) is 7.11 Å². The van der Waals surface area contributed by atoms with Crippen molar-refractivity contribution in [3.63, 3.8) is 0 Å². The number of benzene rings is 3. The summed E-state index contributed by atoms with van der Waals surface area (Å²) in [5, 5.41) is 0. The Hall–Kier alpha value is -3.65. The van der Waals surface area contributed by atoms with Crippen molar-refractivity contribution in [3.8, 4) is 5.75 Å². The molecule has 0 bridgehead atoms. The number of ether oxygens (including phenoxy) is 1. The Labute approximate surface area is 169 Å². The fourth-order valence-corrected chi connectivity index (χ4v) is 3.46. The molecule has 1 amide bonds. The van der Waals surface area contributed by atoms with Gasteiger partial charge in [0.25, 0.3) is 15.9 Å². The number of carbonyl (C=O) groups is 1. The molecule has 8 heteroatoms. The number of hydrogen-bond acceptors (Lipinski definition) is 4. The number of sulfonamides is 1. The lowest BCUT2D eigenvalue weighted by molar-refractivity contribution is 0.0943. The van der Waals surface area contributed by atoms with Crippen molar-refractivity contribution in [2.45, 2.75) is 4.90 Å². The monoisotopic (exact) mass is 409 g/mol. The molecule has 0 aliphatic carbocycles. The highest BCUT2D eigenvalue weighted by Crippen LogP contribution is 2.14. The molecule has 7 nitrogen and oxygen atoms in total. The molecule has 0 spiro atoms. The van der Waals surface area contributed by atoms with Crippen molar-refractivity contribution in [3.05, 3.63) is 96.1 Å². The molecule has 0 aromatic heterocycles. The number of hydrazine groups is 1. The molecule has 0 atom stereocenters. The lowest BCUT2D eigenvalue weighted by Crippen LogP contribution is -2.42. The molecular formula is C21H19N3O4S. The smallest absolute Gasteiger partial charge is 0.284 e. The summed E-state index contributed by atoms with van der Waals surface area (Å²) >= 11 is 0. The van der Waals surface area contributed by atoms with E-state index in [1.54, 1.807) is 72.8 Å². The molecule has 0 aliphatic heterocycles. The average molecular weight is 409 g/mol. The molecule has 0 fully saturated rings. The van der Waals surface area contributed by atoms with E-state index in [9.17, 15) is 13.2 Å². The topological polar surface area (TPSA) is 96.9 Å². The van der Waals surface area contributed by atoms with Gasteiger partial charge in [0.05, 0.1) is 12.0 Å². The first kappa shape index (κ1) is 20.1. The van der Waals surface area contributed by atoms with E-state index in [0.29, 0.717) is 16.9 Å². The van der Waals surface area contributed by atoms with Gasteiger partial charge in [-0.1, -0.05) is 54.6 Å². The molecule has 3 aromatic carbocycles. The van der Waals surface area contributed by atoms with E-state index >= 15 is 0 Å². The number of nitrogens with zero attached hydrogens (tertiary/aromatic N) is 1. The van der Waals surface area contributed by atoms with Crippen molar-refractivity contribution in [1.82, 2.24) is 10.9 Å². The molecule has 0 heterocycles. The maximum absolute atomic E-state index is 12.7. The molecule has 3 aromatic rings. The highest BCUT2D eigenvalue weighted by atomic mass is 32.2. The van der Waals surface area contributed by atoms with E-state index in [1.807, 2.05) is 0 Å². The van der Waals surface area contributed by atoms with E-state index in [0.717, 1.165) is 0 Å². The second-order valence-corrected chi connectivity index (χ2v) is 7.51. The molecule has 29 heavy (non-hydrogen) atoms. The minimum atomic E-state index is -3.98. The largest absolute Gasteiger partial charge is 0.497 e. The first-order valence-corrected chi connectivity index (χ1v) is 10.1. The summed E-state index contributed by atoms with van der Waals surface area (Å²) in [4.78, 5) is 12.5. The Morgan fingerprint density at radius 1 is 0.828 bits per heavy atom. The highest BCUT2D eigenvalue weighted by molar-refractivity contribution is 7.90. The Morgan fingerprint density at radius 3 is 2.10 bits per heavy atom. The fourth-order valence-electron chi connectivity index (χ4n) is 2.46. The Balaban J connectivity index is 1.88. The number of carbonyl (C=O) groups excluding carboxylic acids is 1. The third-order valence-corrected chi connectivity index (χ3v) is 5.22. The number of rotatable bonds is 5. The minimum absolute atomic E-state index is 0.00861. The first-order valence-electron chi connectivity index (χ1n) is 8.65. The van der Waals surface area contributed by atoms with Crippen LogP contribution in [0.25, 0.3) is 0 Å². The van der Waals surface area contributed by atoms with Crippen LogP contribution in [-0.4, -0.2) is 27.3 Å². The molecule has 0 unspecified atom stereocenters. The molecule has 0 radical (unpaired) electrons. The van der Waals surface area contributed by atoms with E-state index < -0.39 is 15.9 Å². The molecule has 0 aliphatic rings. The molecule has 2 N–H and O–H groups in total. The summed E-state index contributed by atoms with van der Waals surface area (Å²) < 4.78 is 34.3. The van der Waals surface area contributed by atoms with Gasteiger partial charge in [0.2, 0.25) is 0 Å². The molecular weight excluding hydrogens is 390 g/mol. The van der Waals surface area contributed by atoms with Crippen LogP contribution in [0.2, 0.25) is 0 Å². The van der Waals surface area contributed by atoms with Crippen LogP contribution in [0.3, 0.4) is 0 Å². The van der Waals surface area contributed by atoms with E-state index in [4.69, 9.17) is 4.74 Å². The van der Waals surface area contributed by atoms with Crippen LogP contribution in [0, 0.1) is 0 Å². The van der Waals surface area contributed by atoms with Crippen LogP contribution in [0.15, 0.2) is 94.2 Å². The van der Waals surface area contributed by atoms with Gasteiger partial charge in [0, 0.05) is 11.1 Å². The van der Waals surface area contributed by atoms with Gasteiger partial charge < -0.3 is 4.74 Å².